The highest BCUT2D eigenvalue weighted by Gasteiger charge is 2.15. The zero-order valence-corrected chi connectivity index (χ0v) is 14.9. The van der Waals surface area contributed by atoms with Gasteiger partial charge in [-0.1, -0.05) is 0 Å². The van der Waals surface area contributed by atoms with Gasteiger partial charge in [-0.25, -0.2) is 0 Å². The number of thiocarbonyl (C=S) groups is 1. The highest BCUT2D eigenvalue weighted by molar-refractivity contribution is 7.80. The molecule has 0 radical (unpaired) electrons. The molecular formula is C16H23N3O4S. The molecule has 8 heteroatoms. The number of nitrogens with zero attached hydrogens (tertiary/aromatic N) is 1. The summed E-state index contributed by atoms with van der Waals surface area (Å²) >= 11 is 5.19. The monoisotopic (exact) mass is 353 g/mol. The van der Waals surface area contributed by atoms with Gasteiger partial charge in [-0.2, -0.15) is 5.10 Å². The van der Waals surface area contributed by atoms with Gasteiger partial charge in [0.1, 0.15) is 5.75 Å². The SMILES string of the molecule is COc1cc(OC)c(OC)cc1C=NNC(=S)NCC1CCCO1. The minimum absolute atomic E-state index is 0.222. The quantitative estimate of drug-likeness (QED) is 0.439. The van der Waals surface area contributed by atoms with Crippen LogP contribution in [0.2, 0.25) is 0 Å². The summed E-state index contributed by atoms with van der Waals surface area (Å²) in [5.41, 5.74) is 3.52. The molecule has 1 aromatic carbocycles. The van der Waals surface area contributed by atoms with Gasteiger partial charge in [0, 0.05) is 24.8 Å². The predicted molar refractivity (Wildman–Crippen MR) is 96.4 cm³/mol. The van der Waals surface area contributed by atoms with Crippen molar-refractivity contribution >= 4 is 23.5 Å². The van der Waals surface area contributed by atoms with Gasteiger partial charge in [0.05, 0.1) is 33.6 Å². The first-order valence-corrected chi connectivity index (χ1v) is 8.07. The number of methoxy groups -OCH3 is 3. The third-order valence-corrected chi connectivity index (χ3v) is 3.86. The highest BCUT2D eigenvalue weighted by atomic mass is 32.1. The van der Waals surface area contributed by atoms with E-state index in [0.29, 0.717) is 28.9 Å². The Kier molecular flexibility index (Phi) is 7.07. The third kappa shape index (κ3) is 4.97. The van der Waals surface area contributed by atoms with E-state index in [2.05, 4.69) is 15.8 Å². The smallest absolute Gasteiger partial charge is 0.187 e. The Hall–Kier alpha value is -2.06. The Labute approximate surface area is 147 Å². The summed E-state index contributed by atoms with van der Waals surface area (Å²) in [6, 6.07) is 3.53. The fourth-order valence-electron chi connectivity index (χ4n) is 2.37. The van der Waals surface area contributed by atoms with Gasteiger partial charge < -0.3 is 24.3 Å². The lowest BCUT2D eigenvalue weighted by Gasteiger charge is -2.13. The number of hydrogen-bond acceptors (Lipinski definition) is 6. The fraction of sp³-hybridized carbons (Fsp3) is 0.500. The summed E-state index contributed by atoms with van der Waals surface area (Å²) in [5, 5.41) is 7.66. The number of nitrogens with one attached hydrogen (secondary N) is 2. The summed E-state index contributed by atoms with van der Waals surface area (Å²) in [4.78, 5) is 0. The topological polar surface area (TPSA) is 73.3 Å². The summed E-state index contributed by atoms with van der Waals surface area (Å²) in [6.07, 6.45) is 3.99. The van der Waals surface area contributed by atoms with E-state index in [9.17, 15) is 0 Å². The molecule has 0 aromatic heterocycles. The molecule has 1 aliphatic heterocycles. The third-order valence-electron chi connectivity index (χ3n) is 3.62. The van der Waals surface area contributed by atoms with Crippen LogP contribution in [-0.2, 0) is 4.74 Å². The normalized spacial score (nSPS) is 16.9. The van der Waals surface area contributed by atoms with Crippen molar-refractivity contribution in [1.82, 2.24) is 10.7 Å². The van der Waals surface area contributed by atoms with Crippen molar-refractivity contribution in [3.63, 3.8) is 0 Å². The molecule has 0 spiro atoms. The molecule has 1 aliphatic rings. The molecule has 1 saturated heterocycles. The molecule has 0 aliphatic carbocycles. The van der Waals surface area contributed by atoms with Crippen LogP contribution < -0.4 is 25.0 Å². The standard InChI is InChI=1S/C16H23N3O4S/c1-20-13-8-15(22-3)14(21-2)7-11(13)9-18-19-16(24)17-10-12-5-4-6-23-12/h7-9,12H,4-6,10H2,1-3H3,(H2,17,19,24). The molecule has 7 nitrogen and oxygen atoms in total. The zero-order valence-electron chi connectivity index (χ0n) is 14.1. The van der Waals surface area contributed by atoms with Gasteiger partial charge in [-0.3, -0.25) is 5.43 Å². The van der Waals surface area contributed by atoms with Crippen LogP contribution in [0, 0.1) is 0 Å². The Bertz CT molecular complexity index is 589. The van der Waals surface area contributed by atoms with Gasteiger partial charge in [0.15, 0.2) is 16.6 Å². The first-order valence-electron chi connectivity index (χ1n) is 7.66. The largest absolute Gasteiger partial charge is 0.496 e. The van der Waals surface area contributed by atoms with Gasteiger partial charge in [0.25, 0.3) is 0 Å². The van der Waals surface area contributed by atoms with Crippen LogP contribution in [0.4, 0.5) is 0 Å². The van der Waals surface area contributed by atoms with Gasteiger partial charge in [-0.05, 0) is 31.1 Å². The number of hydrazone groups is 1. The average Bonchev–Trinajstić information content (AvgIpc) is 3.13. The molecule has 1 unspecified atom stereocenters. The molecule has 132 valence electrons. The van der Waals surface area contributed by atoms with E-state index in [4.69, 9.17) is 31.2 Å². The number of hydrogen-bond donors (Lipinski definition) is 2. The molecule has 1 atom stereocenters. The van der Waals surface area contributed by atoms with Gasteiger partial charge in [0.2, 0.25) is 0 Å². The van der Waals surface area contributed by atoms with Crippen LogP contribution in [0.5, 0.6) is 17.2 Å². The van der Waals surface area contributed by atoms with E-state index < -0.39 is 0 Å². The highest BCUT2D eigenvalue weighted by Crippen LogP contribution is 2.33. The Morgan fingerprint density at radius 3 is 2.58 bits per heavy atom. The van der Waals surface area contributed by atoms with E-state index in [1.54, 1.807) is 39.7 Å². The van der Waals surface area contributed by atoms with Crippen molar-refractivity contribution in [2.75, 3.05) is 34.5 Å². The second-order valence-corrected chi connectivity index (χ2v) is 5.57. The Balaban J connectivity index is 1.93. The number of rotatable bonds is 7. The summed E-state index contributed by atoms with van der Waals surface area (Å²) in [5.74, 6) is 1.81. The maximum absolute atomic E-state index is 5.52. The van der Waals surface area contributed by atoms with Crippen LogP contribution in [0.25, 0.3) is 0 Å². The maximum Gasteiger partial charge on any atom is 0.187 e. The lowest BCUT2D eigenvalue weighted by molar-refractivity contribution is 0.114. The van der Waals surface area contributed by atoms with E-state index in [1.165, 1.54) is 0 Å². The zero-order chi connectivity index (χ0) is 17.4. The van der Waals surface area contributed by atoms with Crippen molar-refractivity contribution < 1.29 is 18.9 Å². The molecule has 24 heavy (non-hydrogen) atoms. The Morgan fingerprint density at radius 1 is 1.25 bits per heavy atom. The van der Waals surface area contributed by atoms with Crippen molar-refractivity contribution in [3.8, 4) is 17.2 Å². The second-order valence-electron chi connectivity index (χ2n) is 5.16. The van der Waals surface area contributed by atoms with Crippen molar-refractivity contribution in [2.45, 2.75) is 18.9 Å². The summed E-state index contributed by atoms with van der Waals surface area (Å²) in [6.45, 7) is 1.50. The van der Waals surface area contributed by atoms with Gasteiger partial charge >= 0.3 is 0 Å². The van der Waals surface area contributed by atoms with Crippen molar-refractivity contribution in [3.05, 3.63) is 17.7 Å². The number of benzene rings is 1. The van der Waals surface area contributed by atoms with Crippen molar-refractivity contribution in [2.24, 2.45) is 5.10 Å². The van der Waals surface area contributed by atoms with Crippen LogP contribution in [0.1, 0.15) is 18.4 Å². The van der Waals surface area contributed by atoms with Crippen LogP contribution in [-0.4, -0.2) is 51.9 Å². The van der Waals surface area contributed by atoms with Crippen LogP contribution in [0.3, 0.4) is 0 Å². The second kappa shape index (κ2) is 9.29. The first kappa shape index (κ1) is 18.3. The molecule has 0 saturated carbocycles. The van der Waals surface area contributed by atoms with Gasteiger partial charge in [-0.15, -0.1) is 0 Å². The predicted octanol–water partition coefficient (Wildman–Crippen LogP) is 1.69. The minimum Gasteiger partial charge on any atom is -0.496 e. The first-order chi connectivity index (χ1) is 11.7. The average molecular weight is 353 g/mol. The maximum atomic E-state index is 5.52. The fourth-order valence-corrected chi connectivity index (χ4v) is 2.50. The molecule has 1 fully saturated rings. The van der Waals surface area contributed by atoms with Crippen molar-refractivity contribution in [1.29, 1.82) is 0 Å². The molecule has 0 amide bonds. The van der Waals surface area contributed by atoms with E-state index in [0.717, 1.165) is 25.0 Å². The number of ether oxygens (including phenoxy) is 4. The van der Waals surface area contributed by atoms with E-state index >= 15 is 0 Å². The molecule has 2 N–H and O–H groups in total. The van der Waals surface area contributed by atoms with Crippen LogP contribution >= 0.6 is 12.2 Å². The van der Waals surface area contributed by atoms with Crippen LogP contribution in [0.15, 0.2) is 17.2 Å². The molecule has 1 heterocycles. The lowest BCUT2D eigenvalue weighted by Crippen LogP contribution is -2.37. The van der Waals surface area contributed by atoms with E-state index in [1.807, 2.05) is 0 Å². The molecule has 0 bridgehead atoms. The van der Waals surface area contributed by atoms with E-state index in [-0.39, 0.29) is 6.10 Å². The summed E-state index contributed by atoms with van der Waals surface area (Å²) < 4.78 is 21.4. The molecule has 2 rings (SSSR count). The molecule has 1 aromatic rings. The lowest BCUT2D eigenvalue weighted by atomic mass is 10.2. The summed E-state index contributed by atoms with van der Waals surface area (Å²) in [7, 11) is 4.73. The Morgan fingerprint density at radius 2 is 1.96 bits per heavy atom. The molecular weight excluding hydrogens is 330 g/mol. The minimum atomic E-state index is 0.222.